The van der Waals surface area contributed by atoms with E-state index in [1.807, 2.05) is 0 Å². The summed E-state index contributed by atoms with van der Waals surface area (Å²) in [7, 11) is 0. The molecule has 0 atom stereocenters. The van der Waals surface area contributed by atoms with Gasteiger partial charge in [-0.2, -0.15) is 5.10 Å². The van der Waals surface area contributed by atoms with Gasteiger partial charge in [0.15, 0.2) is 5.82 Å². The molecule has 0 saturated carbocycles. The minimum Gasteiger partial charge on any atom is -0.381 e. The standard InChI is InChI=1S/C7H7ClN4O/c8-6-3-12(11-7(6)9)2-5-1-10-13-4-5/h1,3-4H,2H2,(H2,9,11). The van der Waals surface area contributed by atoms with Crippen LogP contribution in [0.15, 0.2) is 23.2 Å². The number of hydrogen-bond donors (Lipinski definition) is 1. The largest absolute Gasteiger partial charge is 0.381 e. The van der Waals surface area contributed by atoms with Crippen LogP contribution in [-0.2, 0) is 6.54 Å². The molecule has 13 heavy (non-hydrogen) atoms. The Morgan fingerprint density at radius 2 is 2.46 bits per heavy atom. The van der Waals surface area contributed by atoms with Crippen LogP contribution in [0.5, 0.6) is 0 Å². The Labute approximate surface area is 79.1 Å². The van der Waals surface area contributed by atoms with E-state index >= 15 is 0 Å². The lowest BCUT2D eigenvalue weighted by Crippen LogP contribution is -1.99. The third-order valence-corrected chi connectivity index (χ3v) is 1.86. The molecule has 5 nitrogen and oxygen atoms in total. The van der Waals surface area contributed by atoms with Crippen LogP contribution >= 0.6 is 11.6 Å². The van der Waals surface area contributed by atoms with Crippen molar-refractivity contribution < 1.29 is 4.52 Å². The summed E-state index contributed by atoms with van der Waals surface area (Å²) >= 11 is 5.72. The molecule has 2 aromatic heterocycles. The number of nitrogens with zero attached hydrogens (tertiary/aromatic N) is 3. The molecule has 2 N–H and O–H groups in total. The fourth-order valence-corrected chi connectivity index (χ4v) is 1.14. The smallest absolute Gasteiger partial charge is 0.164 e. The van der Waals surface area contributed by atoms with Gasteiger partial charge in [0.1, 0.15) is 11.3 Å². The maximum atomic E-state index is 5.72. The van der Waals surface area contributed by atoms with Crippen LogP contribution < -0.4 is 5.73 Å². The van der Waals surface area contributed by atoms with E-state index in [1.165, 1.54) is 0 Å². The van der Waals surface area contributed by atoms with E-state index in [2.05, 4.69) is 14.8 Å². The van der Waals surface area contributed by atoms with Crippen molar-refractivity contribution in [1.82, 2.24) is 14.9 Å². The molecule has 0 aliphatic heterocycles. The van der Waals surface area contributed by atoms with Gasteiger partial charge in [-0.15, -0.1) is 0 Å². The molecule has 0 saturated heterocycles. The average Bonchev–Trinajstić information content (AvgIpc) is 2.64. The molecular formula is C7H7ClN4O. The first-order valence-corrected chi connectivity index (χ1v) is 4.00. The maximum Gasteiger partial charge on any atom is 0.164 e. The lowest BCUT2D eigenvalue weighted by Gasteiger charge is -1.94. The molecule has 68 valence electrons. The number of aromatic nitrogens is 3. The summed E-state index contributed by atoms with van der Waals surface area (Å²) in [6.45, 7) is 0.556. The SMILES string of the molecule is Nc1nn(Cc2cnoc2)cc1Cl. The minimum atomic E-state index is 0.332. The zero-order chi connectivity index (χ0) is 9.26. The van der Waals surface area contributed by atoms with Crippen LogP contribution in [0.1, 0.15) is 5.56 Å². The van der Waals surface area contributed by atoms with E-state index in [1.54, 1.807) is 23.3 Å². The van der Waals surface area contributed by atoms with Crippen molar-refractivity contribution in [3.8, 4) is 0 Å². The van der Waals surface area contributed by atoms with Gasteiger partial charge in [0.2, 0.25) is 0 Å². The van der Waals surface area contributed by atoms with Gasteiger partial charge in [-0.05, 0) is 0 Å². The summed E-state index contributed by atoms with van der Waals surface area (Å²) in [5, 5.41) is 8.00. The van der Waals surface area contributed by atoms with Gasteiger partial charge in [-0.3, -0.25) is 4.68 Å². The number of nitrogen functional groups attached to an aromatic ring is 1. The van der Waals surface area contributed by atoms with Crippen LogP contribution in [0, 0.1) is 0 Å². The van der Waals surface area contributed by atoms with E-state index in [0.717, 1.165) is 5.56 Å². The predicted octanol–water partition coefficient (Wildman–Crippen LogP) is 1.15. The highest BCUT2D eigenvalue weighted by molar-refractivity contribution is 6.32. The van der Waals surface area contributed by atoms with Gasteiger partial charge in [0.25, 0.3) is 0 Å². The first-order chi connectivity index (χ1) is 6.25. The van der Waals surface area contributed by atoms with Crippen molar-refractivity contribution in [2.45, 2.75) is 6.54 Å². The first kappa shape index (κ1) is 8.12. The second kappa shape index (κ2) is 3.10. The molecule has 2 aromatic rings. The highest BCUT2D eigenvalue weighted by Gasteiger charge is 2.03. The van der Waals surface area contributed by atoms with Crippen molar-refractivity contribution in [2.75, 3.05) is 5.73 Å². The van der Waals surface area contributed by atoms with Gasteiger partial charge in [-0.25, -0.2) is 0 Å². The van der Waals surface area contributed by atoms with Crippen molar-refractivity contribution in [3.05, 3.63) is 29.2 Å². The Morgan fingerprint density at radius 1 is 1.62 bits per heavy atom. The van der Waals surface area contributed by atoms with E-state index in [9.17, 15) is 0 Å². The van der Waals surface area contributed by atoms with Crippen molar-refractivity contribution in [3.63, 3.8) is 0 Å². The maximum absolute atomic E-state index is 5.72. The van der Waals surface area contributed by atoms with Crippen molar-refractivity contribution in [2.24, 2.45) is 0 Å². The number of hydrogen-bond acceptors (Lipinski definition) is 4. The molecule has 0 amide bonds. The number of halogens is 1. The van der Waals surface area contributed by atoms with Gasteiger partial charge in [0.05, 0.1) is 12.7 Å². The Bertz CT molecular complexity index is 375. The van der Waals surface area contributed by atoms with E-state index in [0.29, 0.717) is 17.4 Å². The zero-order valence-corrected chi connectivity index (χ0v) is 7.40. The van der Waals surface area contributed by atoms with E-state index in [-0.39, 0.29) is 0 Å². The quantitative estimate of drug-likeness (QED) is 0.786. The summed E-state index contributed by atoms with van der Waals surface area (Å²) in [6.07, 6.45) is 4.82. The van der Waals surface area contributed by atoms with Crippen molar-refractivity contribution >= 4 is 17.4 Å². The average molecular weight is 199 g/mol. The third kappa shape index (κ3) is 1.65. The first-order valence-electron chi connectivity index (χ1n) is 3.62. The second-order valence-corrected chi connectivity index (χ2v) is 3.00. The second-order valence-electron chi connectivity index (χ2n) is 2.59. The predicted molar refractivity (Wildman–Crippen MR) is 47.3 cm³/mol. The third-order valence-electron chi connectivity index (χ3n) is 1.57. The molecule has 0 radical (unpaired) electrons. The monoisotopic (exact) mass is 198 g/mol. The molecule has 6 heteroatoms. The van der Waals surface area contributed by atoms with Gasteiger partial charge >= 0.3 is 0 Å². The lowest BCUT2D eigenvalue weighted by molar-refractivity contribution is 0.418. The summed E-state index contributed by atoms with van der Waals surface area (Å²) in [4.78, 5) is 0. The number of anilines is 1. The molecule has 0 unspecified atom stereocenters. The Balaban J connectivity index is 2.19. The van der Waals surface area contributed by atoms with Gasteiger partial charge in [-0.1, -0.05) is 16.8 Å². The fourth-order valence-electron chi connectivity index (χ4n) is 0.985. The highest BCUT2D eigenvalue weighted by atomic mass is 35.5. The molecule has 0 spiro atoms. The topological polar surface area (TPSA) is 69.9 Å². The Morgan fingerprint density at radius 3 is 3.00 bits per heavy atom. The summed E-state index contributed by atoms with van der Waals surface area (Å²) in [6, 6.07) is 0. The van der Waals surface area contributed by atoms with Crippen LogP contribution in [0.3, 0.4) is 0 Å². The summed E-state index contributed by atoms with van der Waals surface area (Å²) in [5.41, 5.74) is 6.38. The molecular weight excluding hydrogens is 192 g/mol. The normalized spacial score (nSPS) is 10.5. The molecule has 2 rings (SSSR count). The number of rotatable bonds is 2. The molecule has 0 fully saturated rings. The van der Waals surface area contributed by atoms with Crippen LogP contribution in [0.25, 0.3) is 0 Å². The molecule has 0 bridgehead atoms. The van der Waals surface area contributed by atoms with E-state index < -0.39 is 0 Å². The van der Waals surface area contributed by atoms with Crippen LogP contribution in [0.4, 0.5) is 5.82 Å². The van der Waals surface area contributed by atoms with Crippen LogP contribution in [0.2, 0.25) is 5.02 Å². The lowest BCUT2D eigenvalue weighted by atomic mass is 10.4. The molecule has 2 heterocycles. The summed E-state index contributed by atoms with van der Waals surface area (Å²) < 4.78 is 6.30. The molecule has 0 aliphatic rings. The van der Waals surface area contributed by atoms with Gasteiger partial charge in [0, 0.05) is 11.8 Å². The van der Waals surface area contributed by atoms with Crippen molar-refractivity contribution in [1.29, 1.82) is 0 Å². The van der Waals surface area contributed by atoms with E-state index in [4.69, 9.17) is 17.3 Å². The Hall–Kier alpha value is -1.49. The molecule has 0 aliphatic carbocycles. The minimum absolute atomic E-state index is 0.332. The fraction of sp³-hybridized carbons (Fsp3) is 0.143. The Kier molecular flexibility index (Phi) is 1.94. The zero-order valence-electron chi connectivity index (χ0n) is 6.64. The highest BCUT2D eigenvalue weighted by Crippen LogP contribution is 2.15. The van der Waals surface area contributed by atoms with Crippen LogP contribution in [-0.4, -0.2) is 14.9 Å². The number of nitrogens with two attached hydrogens (primary N) is 1. The summed E-state index contributed by atoms with van der Waals surface area (Å²) in [5.74, 6) is 0.332. The molecule has 0 aromatic carbocycles. The van der Waals surface area contributed by atoms with Gasteiger partial charge < -0.3 is 10.3 Å².